The second kappa shape index (κ2) is 6.97. The summed E-state index contributed by atoms with van der Waals surface area (Å²) in [4.78, 5) is 20.2. The van der Waals surface area contributed by atoms with Crippen LogP contribution in [0, 0.1) is 11.9 Å². The van der Waals surface area contributed by atoms with Crippen LogP contribution in [0.5, 0.6) is 0 Å². The summed E-state index contributed by atoms with van der Waals surface area (Å²) in [5.41, 5.74) is 2.55. The van der Waals surface area contributed by atoms with Crippen LogP contribution in [-0.4, -0.2) is 33.4 Å². The van der Waals surface area contributed by atoms with Gasteiger partial charge in [0.25, 0.3) is 0 Å². The number of carbonyl (C=O) groups excluding carboxylic acids is 1. The highest BCUT2D eigenvalue weighted by atomic mass is 19.1. The quantitative estimate of drug-likeness (QED) is 0.670. The molecule has 1 aliphatic heterocycles. The molecular formula is C24H25FN3O. The van der Waals surface area contributed by atoms with Gasteiger partial charge in [0.15, 0.2) is 0 Å². The number of fused-ring (bicyclic) bond motifs is 3. The Morgan fingerprint density at radius 2 is 2.00 bits per heavy atom. The molecule has 1 aliphatic carbocycles. The lowest BCUT2D eigenvalue weighted by molar-refractivity contribution is -0.138. The fourth-order valence-electron chi connectivity index (χ4n) is 5.25. The highest BCUT2D eigenvalue weighted by molar-refractivity contribution is 5.89. The molecule has 29 heavy (non-hydrogen) atoms. The molecule has 0 spiro atoms. The van der Waals surface area contributed by atoms with Crippen molar-refractivity contribution in [2.45, 2.75) is 56.5 Å². The summed E-state index contributed by atoms with van der Waals surface area (Å²) in [6.07, 6.45) is 7.36. The van der Waals surface area contributed by atoms with Crippen LogP contribution in [0.2, 0.25) is 0 Å². The molecule has 2 aliphatic rings. The third kappa shape index (κ3) is 2.95. The minimum Gasteiger partial charge on any atom is -0.340 e. The van der Waals surface area contributed by atoms with Crippen molar-refractivity contribution >= 4 is 16.9 Å². The molecular weight excluding hydrogens is 365 g/mol. The minimum atomic E-state index is -0.522. The average Bonchev–Trinajstić information content (AvgIpc) is 3.38. The average molecular weight is 390 g/mol. The van der Waals surface area contributed by atoms with Gasteiger partial charge in [-0.15, -0.1) is 0 Å². The molecule has 5 heteroatoms. The van der Waals surface area contributed by atoms with E-state index in [4.69, 9.17) is 0 Å². The van der Waals surface area contributed by atoms with Crippen LogP contribution < -0.4 is 0 Å². The van der Waals surface area contributed by atoms with Gasteiger partial charge in [-0.3, -0.25) is 4.79 Å². The Bertz CT molecular complexity index is 1050. The van der Waals surface area contributed by atoms with Gasteiger partial charge in [0.05, 0.1) is 5.41 Å². The van der Waals surface area contributed by atoms with Crippen LogP contribution in [0.4, 0.5) is 4.39 Å². The van der Waals surface area contributed by atoms with E-state index in [0.29, 0.717) is 0 Å². The number of rotatable bonds is 3. The van der Waals surface area contributed by atoms with Gasteiger partial charge in [0.1, 0.15) is 11.5 Å². The summed E-state index contributed by atoms with van der Waals surface area (Å²) in [6, 6.07) is 14.1. The van der Waals surface area contributed by atoms with Gasteiger partial charge in [-0.05, 0) is 55.5 Å². The summed E-state index contributed by atoms with van der Waals surface area (Å²) >= 11 is 0. The molecule has 1 saturated carbocycles. The van der Waals surface area contributed by atoms with E-state index in [1.807, 2.05) is 30.3 Å². The second-order valence-electron chi connectivity index (χ2n) is 8.46. The first-order valence-electron chi connectivity index (χ1n) is 10.5. The Labute approximate surface area is 170 Å². The van der Waals surface area contributed by atoms with Gasteiger partial charge < -0.3 is 9.47 Å². The number of aromatic nitrogens is 2. The number of amides is 1. The van der Waals surface area contributed by atoms with E-state index < -0.39 is 5.41 Å². The molecule has 1 aromatic carbocycles. The summed E-state index contributed by atoms with van der Waals surface area (Å²) in [5, 5.41) is 1.04. The molecule has 3 aromatic rings. The Morgan fingerprint density at radius 1 is 1.24 bits per heavy atom. The number of pyridine rings is 1. The highest BCUT2D eigenvalue weighted by Gasteiger charge is 2.45. The van der Waals surface area contributed by atoms with Crippen LogP contribution in [0.1, 0.15) is 43.4 Å². The molecule has 5 rings (SSSR count). The lowest BCUT2D eigenvalue weighted by atomic mass is 9.77. The zero-order valence-corrected chi connectivity index (χ0v) is 16.7. The van der Waals surface area contributed by atoms with Crippen molar-refractivity contribution in [1.29, 1.82) is 0 Å². The largest absolute Gasteiger partial charge is 0.340 e. The zero-order chi connectivity index (χ0) is 20.0. The zero-order valence-electron chi connectivity index (χ0n) is 16.7. The van der Waals surface area contributed by atoms with Crippen molar-refractivity contribution in [2.24, 2.45) is 0 Å². The number of aryl methyl sites for hydroxylation is 1. The number of nitrogens with zero attached hydrogens (tertiary/aromatic N) is 3. The lowest BCUT2D eigenvalue weighted by Crippen LogP contribution is -2.50. The number of carbonyl (C=O) groups is 1. The van der Waals surface area contributed by atoms with E-state index in [9.17, 15) is 9.18 Å². The number of hydrogen-bond donors (Lipinski definition) is 0. The van der Waals surface area contributed by atoms with E-state index in [1.54, 1.807) is 12.1 Å². The van der Waals surface area contributed by atoms with E-state index >= 15 is 0 Å². The molecule has 0 N–H and O–H groups in total. The normalized spacial score (nSPS) is 20.6. The predicted octanol–water partition coefficient (Wildman–Crippen LogP) is 4.26. The van der Waals surface area contributed by atoms with Crippen LogP contribution in [0.15, 0.2) is 42.6 Å². The van der Waals surface area contributed by atoms with Crippen molar-refractivity contribution in [3.05, 3.63) is 65.7 Å². The van der Waals surface area contributed by atoms with Crippen LogP contribution in [0.3, 0.4) is 0 Å². The van der Waals surface area contributed by atoms with Crippen molar-refractivity contribution in [1.82, 2.24) is 14.5 Å². The lowest BCUT2D eigenvalue weighted by Gasteiger charge is -2.39. The van der Waals surface area contributed by atoms with Gasteiger partial charge >= 0.3 is 0 Å². The summed E-state index contributed by atoms with van der Waals surface area (Å²) in [7, 11) is 1.93. The molecule has 1 atom stereocenters. The number of halogens is 1. The van der Waals surface area contributed by atoms with E-state index in [2.05, 4.69) is 15.6 Å². The molecule has 4 nitrogen and oxygen atoms in total. The maximum absolute atomic E-state index is 13.8. The third-order valence-electron chi connectivity index (χ3n) is 6.89. The summed E-state index contributed by atoms with van der Waals surface area (Å²) in [5.74, 6) is -0.0887. The topological polar surface area (TPSA) is 38.1 Å². The molecule has 2 aromatic heterocycles. The van der Waals surface area contributed by atoms with E-state index in [0.717, 1.165) is 61.7 Å². The van der Waals surface area contributed by atoms with Crippen LogP contribution in [0.25, 0.3) is 11.0 Å². The van der Waals surface area contributed by atoms with Crippen molar-refractivity contribution in [3.8, 4) is 0 Å². The Balaban J connectivity index is 1.44. The summed E-state index contributed by atoms with van der Waals surface area (Å²) in [6.45, 7) is 0.744. The summed E-state index contributed by atoms with van der Waals surface area (Å²) < 4.78 is 15.7. The first kappa shape index (κ1) is 18.3. The Hall–Kier alpha value is -2.69. The molecule has 0 unspecified atom stereocenters. The van der Waals surface area contributed by atoms with Gasteiger partial charge in [0.2, 0.25) is 5.91 Å². The fraction of sp³-hybridized carbons (Fsp3) is 0.417. The Morgan fingerprint density at radius 3 is 2.76 bits per heavy atom. The molecule has 1 fully saturated rings. The van der Waals surface area contributed by atoms with Gasteiger partial charge in [0, 0.05) is 43.0 Å². The monoisotopic (exact) mass is 390 g/mol. The molecule has 1 radical (unpaired) electrons. The standard InChI is InChI=1S/C24H25FN3O/c1-27(21-11-10-20-15-17-5-4-14-26-22(17)28(20)16-21)23(29)24(12-2-3-13-24)18-6-8-19(25)9-7-18/h4-9,14,21H,2-3,10-13,16H2,1H3/t21-/m1/s1. The van der Waals surface area contributed by atoms with Crippen LogP contribution >= 0.6 is 0 Å². The third-order valence-corrected chi connectivity index (χ3v) is 6.89. The first-order chi connectivity index (χ1) is 14.1. The van der Waals surface area contributed by atoms with Gasteiger partial charge in [-0.1, -0.05) is 25.0 Å². The first-order valence-corrected chi connectivity index (χ1v) is 10.5. The molecule has 0 saturated heterocycles. The number of likely N-dealkylation sites (N-methyl/N-ethyl adjacent to an activating group) is 1. The van der Waals surface area contributed by atoms with Crippen molar-refractivity contribution in [3.63, 3.8) is 0 Å². The van der Waals surface area contributed by atoms with Gasteiger partial charge in [-0.2, -0.15) is 0 Å². The SMILES string of the molecule is CN(C(=O)C1(c2ccc(F)cc2)CCCC1)[C@@H]1CCc2[c]c3cccnc3n2C1. The van der Waals surface area contributed by atoms with Crippen molar-refractivity contribution < 1.29 is 9.18 Å². The molecule has 0 bridgehead atoms. The van der Waals surface area contributed by atoms with E-state index in [1.165, 1.54) is 17.8 Å². The van der Waals surface area contributed by atoms with Crippen molar-refractivity contribution in [2.75, 3.05) is 7.05 Å². The maximum atomic E-state index is 13.8. The fourth-order valence-corrected chi connectivity index (χ4v) is 5.25. The van der Waals surface area contributed by atoms with Crippen LogP contribution in [-0.2, 0) is 23.2 Å². The minimum absolute atomic E-state index is 0.124. The molecule has 1 amide bonds. The maximum Gasteiger partial charge on any atom is 0.233 e. The van der Waals surface area contributed by atoms with E-state index in [-0.39, 0.29) is 17.8 Å². The van der Waals surface area contributed by atoms with Gasteiger partial charge in [-0.25, -0.2) is 9.37 Å². The smallest absolute Gasteiger partial charge is 0.233 e. The number of hydrogen-bond acceptors (Lipinski definition) is 2. The second-order valence-corrected chi connectivity index (χ2v) is 8.46. The predicted molar refractivity (Wildman–Crippen MR) is 110 cm³/mol. The molecule has 3 heterocycles. The number of benzene rings is 1. The molecule has 149 valence electrons. The Kier molecular flexibility index (Phi) is 4.41. The highest BCUT2D eigenvalue weighted by Crippen LogP contribution is 2.43.